The maximum absolute atomic E-state index is 12.8. The van der Waals surface area contributed by atoms with Crippen molar-refractivity contribution in [3.05, 3.63) is 40.8 Å². The Kier molecular flexibility index (Phi) is 6.34. The molecule has 0 bridgehead atoms. The first-order valence-corrected chi connectivity index (χ1v) is 9.74. The lowest BCUT2D eigenvalue weighted by Crippen LogP contribution is -2.37. The average molecular weight is 386 g/mol. The number of carbonyl (C=O) groups is 2. The SMILES string of the molecule is CCOC(=O)[C@H](C)Oc1cccc2c(=O)n(CC(=O)NC3CCCC3)ccc12. The van der Waals surface area contributed by atoms with Gasteiger partial charge in [-0.2, -0.15) is 0 Å². The molecular weight excluding hydrogens is 360 g/mol. The van der Waals surface area contributed by atoms with Crippen molar-refractivity contribution in [2.24, 2.45) is 0 Å². The number of hydrogen-bond donors (Lipinski definition) is 1. The Morgan fingerprint density at radius 1 is 1.21 bits per heavy atom. The number of ether oxygens (including phenoxy) is 2. The molecule has 7 heteroatoms. The Labute approximate surface area is 163 Å². The molecule has 150 valence electrons. The standard InChI is InChI=1S/C21H26N2O5/c1-3-27-21(26)14(2)28-18-10-6-9-17-16(18)11-12-23(20(17)25)13-19(24)22-15-7-4-5-8-15/h6,9-12,14-15H,3-5,7-8,13H2,1-2H3,(H,22,24)/t14-/m0/s1. The van der Waals surface area contributed by atoms with Crippen LogP contribution in [0.15, 0.2) is 35.3 Å². The fraction of sp³-hybridized carbons (Fsp3) is 0.476. The Hall–Kier alpha value is -2.83. The molecule has 0 spiro atoms. The number of amides is 1. The van der Waals surface area contributed by atoms with Crippen LogP contribution in [0, 0.1) is 0 Å². The molecule has 1 aromatic heterocycles. The van der Waals surface area contributed by atoms with Crippen molar-refractivity contribution in [2.75, 3.05) is 6.61 Å². The lowest BCUT2D eigenvalue weighted by molar-refractivity contribution is -0.150. The van der Waals surface area contributed by atoms with Crippen molar-refractivity contribution >= 4 is 22.6 Å². The molecule has 2 aromatic rings. The molecule has 1 aromatic carbocycles. The fourth-order valence-electron chi connectivity index (χ4n) is 3.51. The minimum atomic E-state index is -0.787. The van der Waals surface area contributed by atoms with Gasteiger partial charge in [-0.05, 0) is 44.9 Å². The lowest BCUT2D eigenvalue weighted by atomic mass is 10.1. The van der Waals surface area contributed by atoms with Crippen molar-refractivity contribution in [1.29, 1.82) is 0 Å². The summed E-state index contributed by atoms with van der Waals surface area (Å²) in [6, 6.07) is 7.03. The summed E-state index contributed by atoms with van der Waals surface area (Å²) in [5.41, 5.74) is -0.270. The van der Waals surface area contributed by atoms with Gasteiger partial charge in [-0.3, -0.25) is 9.59 Å². The number of hydrogen-bond acceptors (Lipinski definition) is 5. The monoisotopic (exact) mass is 386 g/mol. The molecule has 1 atom stereocenters. The molecule has 0 unspecified atom stereocenters. The Bertz CT molecular complexity index is 915. The highest BCUT2D eigenvalue weighted by Gasteiger charge is 2.19. The summed E-state index contributed by atoms with van der Waals surface area (Å²) in [6.45, 7) is 3.59. The van der Waals surface area contributed by atoms with E-state index in [4.69, 9.17) is 9.47 Å². The van der Waals surface area contributed by atoms with Gasteiger partial charge in [0.2, 0.25) is 5.91 Å². The minimum absolute atomic E-state index is 0.0183. The van der Waals surface area contributed by atoms with Crippen LogP contribution in [0.5, 0.6) is 5.75 Å². The van der Waals surface area contributed by atoms with Gasteiger partial charge in [0.05, 0.1) is 12.0 Å². The van der Waals surface area contributed by atoms with Crippen LogP contribution in [0.25, 0.3) is 10.8 Å². The van der Waals surface area contributed by atoms with Crippen LogP contribution in [-0.4, -0.2) is 35.2 Å². The van der Waals surface area contributed by atoms with E-state index in [1.54, 1.807) is 44.3 Å². The number of pyridine rings is 1. The molecule has 28 heavy (non-hydrogen) atoms. The van der Waals surface area contributed by atoms with Crippen LogP contribution in [0.1, 0.15) is 39.5 Å². The third-order valence-corrected chi connectivity index (χ3v) is 4.94. The summed E-state index contributed by atoms with van der Waals surface area (Å²) in [7, 11) is 0. The van der Waals surface area contributed by atoms with Crippen molar-refractivity contribution < 1.29 is 19.1 Å². The molecule has 1 N–H and O–H groups in total. The van der Waals surface area contributed by atoms with Crippen molar-refractivity contribution in [3.63, 3.8) is 0 Å². The Morgan fingerprint density at radius 3 is 2.68 bits per heavy atom. The molecule has 1 saturated carbocycles. The van der Waals surface area contributed by atoms with Gasteiger partial charge in [0.1, 0.15) is 12.3 Å². The summed E-state index contributed by atoms with van der Waals surface area (Å²) in [5.74, 6) is -0.189. The first kappa shape index (κ1) is 19.9. The number of rotatable bonds is 7. The maximum Gasteiger partial charge on any atom is 0.347 e. The van der Waals surface area contributed by atoms with Crippen molar-refractivity contribution in [1.82, 2.24) is 9.88 Å². The molecule has 1 amide bonds. The maximum atomic E-state index is 12.8. The molecule has 0 aliphatic heterocycles. The number of benzene rings is 1. The highest BCUT2D eigenvalue weighted by atomic mass is 16.6. The van der Waals surface area contributed by atoms with E-state index in [1.165, 1.54) is 4.57 Å². The molecule has 1 fully saturated rings. The van der Waals surface area contributed by atoms with E-state index < -0.39 is 12.1 Å². The van der Waals surface area contributed by atoms with Crippen LogP contribution in [-0.2, 0) is 20.9 Å². The second-order valence-corrected chi connectivity index (χ2v) is 7.03. The molecule has 3 rings (SSSR count). The van der Waals surface area contributed by atoms with Crippen LogP contribution in [0.4, 0.5) is 0 Å². The first-order valence-electron chi connectivity index (χ1n) is 9.74. The summed E-state index contributed by atoms with van der Waals surface area (Å²) in [6.07, 6.45) is 5.06. The second-order valence-electron chi connectivity index (χ2n) is 7.03. The molecule has 1 aliphatic carbocycles. The largest absolute Gasteiger partial charge is 0.478 e. The zero-order chi connectivity index (χ0) is 20.1. The normalized spacial score (nSPS) is 15.4. The molecule has 1 aliphatic rings. The Morgan fingerprint density at radius 2 is 1.96 bits per heavy atom. The molecule has 7 nitrogen and oxygen atoms in total. The number of nitrogens with one attached hydrogen (secondary N) is 1. The van der Waals surface area contributed by atoms with E-state index in [2.05, 4.69) is 5.32 Å². The number of nitrogens with zero attached hydrogens (tertiary/aromatic N) is 1. The van der Waals surface area contributed by atoms with Crippen LogP contribution >= 0.6 is 0 Å². The van der Waals surface area contributed by atoms with Gasteiger partial charge in [0, 0.05) is 17.6 Å². The molecular formula is C21H26N2O5. The third kappa shape index (κ3) is 4.52. The summed E-state index contributed by atoms with van der Waals surface area (Å²) >= 11 is 0. The van der Waals surface area contributed by atoms with Gasteiger partial charge in [-0.25, -0.2) is 4.79 Å². The van der Waals surface area contributed by atoms with E-state index in [0.717, 1.165) is 25.7 Å². The van der Waals surface area contributed by atoms with Crippen molar-refractivity contribution in [3.8, 4) is 5.75 Å². The van der Waals surface area contributed by atoms with Gasteiger partial charge < -0.3 is 19.4 Å². The summed E-state index contributed by atoms with van der Waals surface area (Å²) in [4.78, 5) is 36.9. The quantitative estimate of drug-likeness (QED) is 0.739. The van der Waals surface area contributed by atoms with Crippen molar-refractivity contribution in [2.45, 2.75) is 58.2 Å². The van der Waals surface area contributed by atoms with Crippen LogP contribution in [0.2, 0.25) is 0 Å². The van der Waals surface area contributed by atoms with Crippen LogP contribution < -0.4 is 15.6 Å². The number of esters is 1. The van der Waals surface area contributed by atoms with Gasteiger partial charge in [0.25, 0.3) is 5.56 Å². The van der Waals surface area contributed by atoms with Gasteiger partial charge in [-0.15, -0.1) is 0 Å². The number of fused-ring (bicyclic) bond motifs is 1. The van der Waals surface area contributed by atoms with E-state index in [0.29, 0.717) is 16.5 Å². The number of carbonyl (C=O) groups excluding carboxylic acids is 2. The van der Waals surface area contributed by atoms with E-state index in [9.17, 15) is 14.4 Å². The minimum Gasteiger partial charge on any atom is -0.478 e. The van der Waals surface area contributed by atoms with Gasteiger partial charge >= 0.3 is 5.97 Å². The highest BCUT2D eigenvalue weighted by molar-refractivity contribution is 5.88. The van der Waals surface area contributed by atoms with E-state index in [1.807, 2.05) is 0 Å². The second kappa shape index (κ2) is 8.91. The summed E-state index contributed by atoms with van der Waals surface area (Å²) in [5, 5.41) is 4.02. The highest BCUT2D eigenvalue weighted by Crippen LogP contribution is 2.24. The van der Waals surface area contributed by atoms with Crippen LogP contribution in [0.3, 0.4) is 0 Å². The molecule has 0 radical (unpaired) electrons. The fourth-order valence-corrected chi connectivity index (χ4v) is 3.51. The number of aromatic nitrogens is 1. The summed E-state index contributed by atoms with van der Waals surface area (Å²) < 4.78 is 12.1. The van der Waals surface area contributed by atoms with E-state index in [-0.39, 0.29) is 30.7 Å². The smallest absolute Gasteiger partial charge is 0.347 e. The third-order valence-electron chi connectivity index (χ3n) is 4.94. The predicted octanol–water partition coefficient (Wildman–Crippen LogP) is 2.39. The van der Waals surface area contributed by atoms with E-state index >= 15 is 0 Å². The predicted molar refractivity (Wildman–Crippen MR) is 105 cm³/mol. The van der Waals surface area contributed by atoms with Gasteiger partial charge in [-0.1, -0.05) is 18.9 Å². The topological polar surface area (TPSA) is 86.6 Å². The Balaban J connectivity index is 1.79. The molecule has 1 heterocycles. The first-order chi connectivity index (χ1) is 13.5. The lowest BCUT2D eigenvalue weighted by Gasteiger charge is -2.16. The zero-order valence-corrected chi connectivity index (χ0v) is 16.3. The average Bonchev–Trinajstić information content (AvgIpc) is 3.17. The molecule has 0 saturated heterocycles. The van der Waals surface area contributed by atoms with Gasteiger partial charge in [0.15, 0.2) is 6.10 Å². The zero-order valence-electron chi connectivity index (χ0n) is 16.3.